The van der Waals surface area contributed by atoms with Gasteiger partial charge in [0.25, 0.3) is 0 Å². The summed E-state index contributed by atoms with van der Waals surface area (Å²) in [7, 11) is 0. The van der Waals surface area contributed by atoms with Crippen molar-refractivity contribution in [2.24, 2.45) is 21.7 Å². The van der Waals surface area contributed by atoms with Crippen LogP contribution in [-0.4, -0.2) is 11.7 Å². The van der Waals surface area contributed by atoms with Gasteiger partial charge in [-0.05, 0) is 18.4 Å². The van der Waals surface area contributed by atoms with Crippen molar-refractivity contribution in [1.29, 1.82) is 0 Å². The Bertz CT molecular complexity index is 295. The Balaban J connectivity index is 2.78. The van der Waals surface area contributed by atoms with E-state index in [1.807, 2.05) is 24.4 Å². The average Bonchev–Trinajstić information content (AvgIpc) is 2.51. The van der Waals surface area contributed by atoms with Crippen molar-refractivity contribution in [3.8, 4) is 0 Å². The minimum absolute atomic E-state index is 0.0223. The van der Waals surface area contributed by atoms with Crippen molar-refractivity contribution >= 4 is 23.0 Å². The van der Waals surface area contributed by atoms with E-state index in [1.54, 1.807) is 11.3 Å². The molecule has 0 aliphatic carbocycles. The van der Waals surface area contributed by atoms with Gasteiger partial charge in [-0.15, -0.1) is 16.4 Å². The molecule has 4 N–H and O–H groups in total. The van der Waals surface area contributed by atoms with Crippen LogP contribution < -0.4 is 11.5 Å². The fraction of sp³-hybridized carbons (Fsp3) is 0.143. The Morgan fingerprint density at radius 3 is 2.67 bits per heavy atom. The zero-order valence-corrected chi connectivity index (χ0v) is 7.51. The van der Waals surface area contributed by atoms with Crippen molar-refractivity contribution in [2.75, 3.05) is 0 Å². The molecule has 0 unspecified atom stereocenters. The van der Waals surface area contributed by atoms with E-state index in [2.05, 4.69) is 10.2 Å². The highest BCUT2D eigenvalue weighted by atomic mass is 32.1. The maximum Gasteiger partial charge on any atom is 0.211 e. The average molecular weight is 182 g/mol. The molecule has 0 atom stereocenters. The van der Waals surface area contributed by atoms with E-state index in [-0.39, 0.29) is 5.96 Å². The van der Waals surface area contributed by atoms with Gasteiger partial charge in [-0.3, -0.25) is 0 Å². The molecule has 0 fully saturated rings. The number of nitrogens with two attached hydrogens (primary N) is 2. The summed E-state index contributed by atoms with van der Waals surface area (Å²) in [5.41, 5.74) is 11.1. The highest BCUT2D eigenvalue weighted by Gasteiger charge is 1.95. The molecular formula is C7H10N4S. The first-order chi connectivity index (χ1) is 5.70. The van der Waals surface area contributed by atoms with E-state index in [0.717, 1.165) is 10.6 Å². The monoisotopic (exact) mass is 182 g/mol. The minimum Gasteiger partial charge on any atom is -0.369 e. The van der Waals surface area contributed by atoms with Crippen molar-refractivity contribution in [3.05, 3.63) is 22.4 Å². The van der Waals surface area contributed by atoms with Crippen LogP contribution in [0.2, 0.25) is 0 Å². The number of guanidine groups is 1. The molecule has 1 aromatic rings. The molecule has 0 bridgehead atoms. The molecule has 64 valence electrons. The van der Waals surface area contributed by atoms with Crippen molar-refractivity contribution in [2.45, 2.75) is 6.92 Å². The van der Waals surface area contributed by atoms with Gasteiger partial charge in [0, 0.05) is 0 Å². The molecule has 12 heavy (non-hydrogen) atoms. The van der Waals surface area contributed by atoms with Crippen molar-refractivity contribution < 1.29 is 0 Å². The number of hydrogen-bond acceptors (Lipinski definition) is 3. The Kier molecular flexibility index (Phi) is 2.82. The molecule has 0 amide bonds. The normalized spacial score (nSPS) is 11.2. The van der Waals surface area contributed by atoms with Crippen molar-refractivity contribution in [3.63, 3.8) is 0 Å². The molecule has 0 aliphatic rings. The van der Waals surface area contributed by atoms with Crippen LogP contribution in [0.15, 0.2) is 27.7 Å². The second-order valence-electron chi connectivity index (χ2n) is 2.19. The lowest BCUT2D eigenvalue weighted by Crippen LogP contribution is -2.22. The summed E-state index contributed by atoms with van der Waals surface area (Å²) < 4.78 is 0. The van der Waals surface area contributed by atoms with Crippen LogP contribution in [-0.2, 0) is 0 Å². The van der Waals surface area contributed by atoms with E-state index in [1.165, 1.54) is 0 Å². The van der Waals surface area contributed by atoms with Gasteiger partial charge in [0.2, 0.25) is 5.96 Å². The summed E-state index contributed by atoms with van der Waals surface area (Å²) in [6.07, 6.45) is 0. The number of rotatable bonds is 2. The first-order valence-corrected chi connectivity index (χ1v) is 4.25. The van der Waals surface area contributed by atoms with Crippen LogP contribution in [0.25, 0.3) is 0 Å². The fourth-order valence-corrected chi connectivity index (χ4v) is 1.34. The molecule has 0 saturated heterocycles. The van der Waals surface area contributed by atoms with E-state index >= 15 is 0 Å². The van der Waals surface area contributed by atoms with Crippen LogP contribution >= 0.6 is 11.3 Å². The first-order valence-electron chi connectivity index (χ1n) is 3.37. The van der Waals surface area contributed by atoms with E-state index in [0.29, 0.717) is 0 Å². The van der Waals surface area contributed by atoms with Gasteiger partial charge in [0.1, 0.15) is 0 Å². The summed E-state index contributed by atoms with van der Waals surface area (Å²) in [6.45, 7) is 1.86. The lowest BCUT2D eigenvalue weighted by molar-refractivity contribution is 1.20. The van der Waals surface area contributed by atoms with Crippen molar-refractivity contribution in [1.82, 2.24) is 0 Å². The maximum absolute atomic E-state index is 5.12. The predicted octanol–water partition coefficient (Wildman–Crippen LogP) is 0.746. The molecule has 0 aliphatic heterocycles. The van der Waals surface area contributed by atoms with E-state index < -0.39 is 0 Å². The number of nitrogens with zero attached hydrogens (tertiary/aromatic N) is 2. The largest absolute Gasteiger partial charge is 0.369 e. The maximum atomic E-state index is 5.12. The molecule has 0 saturated carbocycles. The third-order valence-corrected chi connectivity index (χ3v) is 2.17. The predicted molar refractivity (Wildman–Crippen MR) is 52.3 cm³/mol. The molecule has 1 aromatic heterocycles. The molecule has 4 nitrogen and oxygen atoms in total. The highest BCUT2D eigenvalue weighted by molar-refractivity contribution is 7.12. The molecule has 0 radical (unpaired) electrons. The zero-order chi connectivity index (χ0) is 8.97. The summed E-state index contributed by atoms with van der Waals surface area (Å²) in [5, 5.41) is 9.35. The molecule has 1 heterocycles. The Labute approximate surface area is 74.6 Å². The molecule has 5 heteroatoms. The summed E-state index contributed by atoms with van der Waals surface area (Å²) in [6, 6.07) is 3.92. The number of thiophene rings is 1. The lowest BCUT2D eigenvalue weighted by Gasteiger charge is -1.91. The Morgan fingerprint density at radius 2 is 2.17 bits per heavy atom. The van der Waals surface area contributed by atoms with Gasteiger partial charge >= 0.3 is 0 Å². The SMILES string of the molecule is CC(=NN=C(N)N)c1cccs1. The minimum atomic E-state index is -0.0223. The quantitative estimate of drug-likeness (QED) is 0.402. The summed E-state index contributed by atoms with van der Waals surface area (Å²) in [4.78, 5) is 1.07. The lowest BCUT2D eigenvalue weighted by atomic mass is 10.3. The van der Waals surface area contributed by atoms with Crippen LogP contribution in [0.1, 0.15) is 11.8 Å². The Hall–Kier alpha value is -1.36. The van der Waals surface area contributed by atoms with Crippen LogP contribution in [0.3, 0.4) is 0 Å². The van der Waals surface area contributed by atoms with Crippen LogP contribution in [0.5, 0.6) is 0 Å². The van der Waals surface area contributed by atoms with Gasteiger partial charge in [0.15, 0.2) is 0 Å². The van der Waals surface area contributed by atoms with Gasteiger partial charge in [-0.2, -0.15) is 5.10 Å². The second kappa shape index (κ2) is 3.87. The van der Waals surface area contributed by atoms with E-state index in [4.69, 9.17) is 11.5 Å². The fourth-order valence-electron chi connectivity index (χ4n) is 0.666. The van der Waals surface area contributed by atoms with Gasteiger partial charge in [-0.1, -0.05) is 6.07 Å². The van der Waals surface area contributed by atoms with E-state index in [9.17, 15) is 0 Å². The van der Waals surface area contributed by atoms with Crippen LogP contribution in [0, 0.1) is 0 Å². The van der Waals surface area contributed by atoms with Gasteiger partial charge in [-0.25, -0.2) is 0 Å². The summed E-state index contributed by atoms with van der Waals surface area (Å²) in [5.74, 6) is -0.0223. The topological polar surface area (TPSA) is 76.8 Å². The standard InChI is InChI=1S/C7H10N4S/c1-5(10-11-7(8)9)6-3-2-4-12-6/h2-4H,1H3,(H4,8,9,11). The highest BCUT2D eigenvalue weighted by Crippen LogP contribution is 2.09. The summed E-state index contributed by atoms with van der Waals surface area (Å²) >= 11 is 1.60. The van der Waals surface area contributed by atoms with Crippen LogP contribution in [0.4, 0.5) is 0 Å². The molecule has 0 aromatic carbocycles. The first kappa shape index (κ1) is 8.73. The Morgan fingerprint density at radius 1 is 1.42 bits per heavy atom. The molecular weight excluding hydrogens is 172 g/mol. The smallest absolute Gasteiger partial charge is 0.211 e. The third kappa shape index (κ3) is 2.35. The molecule has 0 spiro atoms. The van der Waals surface area contributed by atoms with Gasteiger partial charge in [0.05, 0.1) is 10.6 Å². The number of hydrogen-bond donors (Lipinski definition) is 2. The van der Waals surface area contributed by atoms with Gasteiger partial charge < -0.3 is 11.5 Å². The second-order valence-corrected chi connectivity index (χ2v) is 3.14. The molecule has 1 rings (SSSR count). The zero-order valence-electron chi connectivity index (χ0n) is 6.69. The third-order valence-electron chi connectivity index (χ3n) is 1.19.